The maximum absolute atomic E-state index is 11.9. The molecule has 0 atom stereocenters. The SMILES string of the molecule is CCCC(=O)c1cccc(NC(C)(C)C(C)(C)S)c1. The zero-order valence-corrected chi connectivity index (χ0v) is 13.5. The quantitative estimate of drug-likeness (QED) is 0.590. The van der Waals surface area contributed by atoms with Crippen molar-refractivity contribution in [3.05, 3.63) is 29.8 Å². The minimum Gasteiger partial charge on any atom is -0.379 e. The molecule has 106 valence electrons. The lowest BCUT2D eigenvalue weighted by molar-refractivity contribution is 0.0982. The zero-order chi connectivity index (χ0) is 14.7. The first-order chi connectivity index (χ1) is 8.67. The molecule has 1 rings (SSSR count). The maximum Gasteiger partial charge on any atom is 0.162 e. The van der Waals surface area contributed by atoms with Crippen LogP contribution in [-0.4, -0.2) is 16.1 Å². The number of rotatable bonds is 6. The van der Waals surface area contributed by atoms with Gasteiger partial charge in [-0.15, -0.1) is 0 Å². The first kappa shape index (κ1) is 16.1. The molecule has 0 aliphatic heterocycles. The summed E-state index contributed by atoms with van der Waals surface area (Å²) in [5.74, 6) is 0.203. The van der Waals surface area contributed by atoms with Crippen molar-refractivity contribution in [1.82, 2.24) is 0 Å². The van der Waals surface area contributed by atoms with Crippen LogP contribution in [0.1, 0.15) is 57.8 Å². The van der Waals surface area contributed by atoms with Crippen LogP contribution in [0, 0.1) is 0 Å². The van der Waals surface area contributed by atoms with Crippen LogP contribution in [-0.2, 0) is 0 Å². The molecular weight excluding hydrogens is 254 g/mol. The summed E-state index contributed by atoms with van der Waals surface area (Å²) in [6, 6.07) is 7.72. The fraction of sp³-hybridized carbons (Fsp3) is 0.562. The molecule has 2 nitrogen and oxygen atoms in total. The van der Waals surface area contributed by atoms with Gasteiger partial charge in [-0.1, -0.05) is 19.1 Å². The summed E-state index contributed by atoms with van der Waals surface area (Å²) >= 11 is 4.64. The molecule has 0 aromatic heterocycles. The Labute approximate surface area is 122 Å². The normalized spacial score (nSPS) is 12.3. The number of ketones is 1. The molecule has 19 heavy (non-hydrogen) atoms. The summed E-state index contributed by atoms with van der Waals surface area (Å²) in [5, 5.41) is 3.47. The highest BCUT2D eigenvalue weighted by Crippen LogP contribution is 2.31. The summed E-state index contributed by atoms with van der Waals surface area (Å²) in [5.41, 5.74) is 1.57. The lowest BCUT2D eigenvalue weighted by Crippen LogP contribution is -2.47. The predicted molar refractivity (Wildman–Crippen MR) is 86.4 cm³/mol. The number of Topliss-reactive ketones (excluding diaryl/α,β-unsaturated/α-hetero) is 1. The highest BCUT2D eigenvalue weighted by Gasteiger charge is 2.33. The van der Waals surface area contributed by atoms with Gasteiger partial charge in [-0.25, -0.2) is 0 Å². The second kappa shape index (κ2) is 6.00. The van der Waals surface area contributed by atoms with Crippen molar-refractivity contribution < 1.29 is 4.79 Å². The van der Waals surface area contributed by atoms with Crippen molar-refractivity contribution in [3.8, 4) is 0 Å². The van der Waals surface area contributed by atoms with E-state index in [2.05, 4.69) is 45.6 Å². The number of carbonyl (C=O) groups excluding carboxylic acids is 1. The van der Waals surface area contributed by atoms with Crippen LogP contribution in [0.2, 0.25) is 0 Å². The zero-order valence-electron chi connectivity index (χ0n) is 12.6. The second-order valence-corrected chi connectivity index (χ2v) is 7.18. The lowest BCUT2D eigenvalue weighted by atomic mass is 9.89. The number of benzene rings is 1. The Morgan fingerprint density at radius 3 is 2.42 bits per heavy atom. The smallest absolute Gasteiger partial charge is 0.162 e. The summed E-state index contributed by atoms with van der Waals surface area (Å²) in [7, 11) is 0. The molecular formula is C16H25NOS. The Hall–Kier alpha value is -0.960. The third kappa shape index (κ3) is 4.27. The number of hydrogen-bond donors (Lipinski definition) is 2. The number of thiol groups is 1. The third-order valence-corrected chi connectivity index (χ3v) is 4.21. The fourth-order valence-electron chi connectivity index (χ4n) is 1.66. The van der Waals surface area contributed by atoms with Gasteiger partial charge in [-0.3, -0.25) is 4.79 Å². The minimum absolute atomic E-state index is 0.170. The molecule has 1 aromatic rings. The summed E-state index contributed by atoms with van der Waals surface area (Å²) in [4.78, 5) is 11.9. The molecule has 0 bridgehead atoms. The summed E-state index contributed by atoms with van der Waals surface area (Å²) in [6.07, 6.45) is 1.48. The number of nitrogens with one attached hydrogen (secondary N) is 1. The van der Waals surface area contributed by atoms with Crippen LogP contribution in [0.4, 0.5) is 5.69 Å². The predicted octanol–water partition coefficient (Wildman–Crippen LogP) is 4.57. The van der Waals surface area contributed by atoms with E-state index in [0.717, 1.165) is 17.7 Å². The van der Waals surface area contributed by atoms with Gasteiger partial charge < -0.3 is 5.32 Å². The van der Waals surface area contributed by atoms with E-state index in [1.165, 1.54) is 0 Å². The second-order valence-electron chi connectivity index (χ2n) is 6.06. The molecule has 0 spiro atoms. The van der Waals surface area contributed by atoms with Gasteiger partial charge in [0.2, 0.25) is 0 Å². The van der Waals surface area contributed by atoms with E-state index < -0.39 is 0 Å². The van der Waals surface area contributed by atoms with Crippen molar-refractivity contribution in [2.45, 2.75) is 57.7 Å². The highest BCUT2D eigenvalue weighted by atomic mass is 32.1. The van der Waals surface area contributed by atoms with Gasteiger partial charge in [0.25, 0.3) is 0 Å². The van der Waals surface area contributed by atoms with Gasteiger partial charge in [0, 0.05) is 28.0 Å². The van der Waals surface area contributed by atoms with E-state index in [9.17, 15) is 4.79 Å². The van der Waals surface area contributed by atoms with Crippen molar-refractivity contribution in [1.29, 1.82) is 0 Å². The summed E-state index contributed by atoms with van der Waals surface area (Å²) in [6.45, 7) is 10.4. The number of anilines is 1. The molecule has 1 N–H and O–H groups in total. The van der Waals surface area contributed by atoms with E-state index in [1.807, 2.05) is 31.2 Å². The van der Waals surface area contributed by atoms with Gasteiger partial charge in [0.15, 0.2) is 5.78 Å². The van der Waals surface area contributed by atoms with E-state index in [4.69, 9.17) is 0 Å². The van der Waals surface area contributed by atoms with Gasteiger partial charge in [0.05, 0.1) is 0 Å². The fourth-order valence-corrected chi connectivity index (χ4v) is 1.71. The van der Waals surface area contributed by atoms with Crippen molar-refractivity contribution in [3.63, 3.8) is 0 Å². The molecule has 0 saturated heterocycles. The van der Waals surface area contributed by atoms with Gasteiger partial charge in [-0.05, 0) is 46.2 Å². The van der Waals surface area contributed by atoms with Crippen molar-refractivity contribution in [2.75, 3.05) is 5.32 Å². The van der Waals surface area contributed by atoms with Crippen molar-refractivity contribution in [2.24, 2.45) is 0 Å². The first-order valence-corrected chi connectivity index (χ1v) is 7.26. The van der Waals surface area contributed by atoms with E-state index >= 15 is 0 Å². The Balaban J connectivity index is 2.92. The van der Waals surface area contributed by atoms with Gasteiger partial charge in [-0.2, -0.15) is 12.6 Å². The van der Waals surface area contributed by atoms with E-state index in [0.29, 0.717) is 6.42 Å². The molecule has 0 amide bonds. The number of hydrogen-bond acceptors (Lipinski definition) is 3. The Morgan fingerprint density at radius 2 is 1.89 bits per heavy atom. The van der Waals surface area contributed by atoms with E-state index in [1.54, 1.807) is 0 Å². The number of carbonyl (C=O) groups is 1. The molecule has 0 aliphatic rings. The van der Waals surface area contributed by atoms with Crippen LogP contribution in [0.3, 0.4) is 0 Å². The molecule has 0 unspecified atom stereocenters. The average Bonchev–Trinajstić information content (AvgIpc) is 2.27. The highest BCUT2D eigenvalue weighted by molar-refractivity contribution is 7.81. The Kier molecular flexibility index (Phi) is 5.08. The monoisotopic (exact) mass is 279 g/mol. The molecule has 0 saturated carbocycles. The maximum atomic E-state index is 11.9. The topological polar surface area (TPSA) is 29.1 Å². The van der Waals surface area contributed by atoms with Gasteiger partial charge >= 0.3 is 0 Å². The average molecular weight is 279 g/mol. The van der Waals surface area contributed by atoms with Crippen LogP contribution in [0.5, 0.6) is 0 Å². The largest absolute Gasteiger partial charge is 0.379 e. The molecule has 0 heterocycles. The van der Waals surface area contributed by atoms with E-state index in [-0.39, 0.29) is 16.1 Å². The Morgan fingerprint density at radius 1 is 1.26 bits per heavy atom. The van der Waals surface area contributed by atoms with Gasteiger partial charge in [0.1, 0.15) is 0 Å². The molecule has 0 fully saturated rings. The lowest BCUT2D eigenvalue weighted by Gasteiger charge is -2.39. The Bertz CT molecular complexity index is 446. The van der Waals surface area contributed by atoms with Crippen LogP contribution in [0.15, 0.2) is 24.3 Å². The third-order valence-electron chi connectivity index (χ3n) is 3.65. The first-order valence-electron chi connectivity index (χ1n) is 6.81. The van der Waals surface area contributed by atoms with Crippen LogP contribution < -0.4 is 5.32 Å². The van der Waals surface area contributed by atoms with Crippen LogP contribution in [0.25, 0.3) is 0 Å². The molecule has 0 aliphatic carbocycles. The summed E-state index contributed by atoms with van der Waals surface area (Å²) < 4.78 is -0.170. The molecule has 0 radical (unpaired) electrons. The molecule has 1 aromatic carbocycles. The standard InChI is InChI=1S/C16H25NOS/c1-6-8-14(18)12-9-7-10-13(11-12)17-15(2,3)16(4,5)19/h7,9-11,17,19H,6,8H2,1-5H3. The molecule has 3 heteroatoms. The van der Waals surface area contributed by atoms with Crippen molar-refractivity contribution >= 4 is 24.1 Å². The minimum atomic E-state index is -0.178. The van der Waals surface area contributed by atoms with Crippen LogP contribution >= 0.6 is 12.6 Å².